The maximum Gasteiger partial charge on any atom is 0.343 e. The highest BCUT2D eigenvalue weighted by Crippen LogP contribution is 2.36. The zero-order chi connectivity index (χ0) is 13.9. The Labute approximate surface area is 106 Å². The Morgan fingerprint density at radius 2 is 1.39 bits per heavy atom. The number of hydrogen-bond donors (Lipinski definition) is 2. The lowest BCUT2D eigenvalue weighted by atomic mass is 9.79. The number of aliphatic carboxylic acids is 2. The molecule has 4 heteroatoms. The van der Waals surface area contributed by atoms with Crippen molar-refractivity contribution in [3.05, 3.63) is 41.5 Å². The smallest absolute Gasteiger partial charge is 0.343 e. The molecule has 0 radical (unpaired) electrons. The van der Waals surface area contributed by atoms with Crippen molar-refractivity contribution in [2.75, 3.05) is 0 Å². The highest BCUT2D eigenvalue weighted by Gasteiger charge is 2.30. The summed E-state index contributed by atoms with van der Waals surface area (Å²) in [6.07, 6.45) is 0. The van der Waals surface area contributed by atoms with E-state index in [1.165, 1.54) is 0 Å². The van der Waals surface area contributed by atoms with Gasteiger partial charge in [0, 0.05) is 0 Å². The van der Waals surface area contributed by atoms with Gasteiger partial charge in [-0.05, 0) is 16.6 Å². The van der Waals surface area contributed by atoms with Gasteiger partial charge >= 0.3 is 11.9 Å². The number of carboxylic acids is 2. The van der Waals surface area contributed by atoms with Crippen LogP contribution in [0.4, 0.5) is 0 Å². The van der Waals surface area contributed by atoms with E-state index in [-0.39, 0.29) is 0 Å². The molecule has 0 heterocycles. The van der Waals surface area contributed by atoms with E-state index >= 15 is 0 Å². The molecule has 96 valence electrons. The lowest BCUT2D eigenvalue weighted by Gasteiger charge is -2.24. The zero-order valence-corrected chi connectivity index (χ0v) is 10.6. The fraction of sp³-hybridized carbons (Fsp3) is 0.286. The van der Waals surface area contributed by atoms with Gasteiger partial charge in [-0.15, -0.1) is 0 Å². The molecule has 0 aliphatic rings. The molecular weight excluding hydrogens is 232 g/mol. The third-order valence-electron chi connectivity index (χ3n) is 2.49. The Morgan fingerprint density at radius 1 is 0.944 bits per heavy atom. The highest BCUT2D eigenvalue weighted by molar-refractivity contribution is 6.19. The van der Waals surface area contributed by atoms with E-state index in [9.17, 15) is 9.59 Å². The molecule has 4 nitrogen and oxygen atoms in total. The van der Waals surface area contributed by atoms with Crippen molar-refractivity contribution in [2.45, 2.75) is 20.8 Å². The third-order valence-corrected chi connectivity index (χ3v) is 2.49. The molecule has 1 rings (SSSR count). The molecule has 18 heavy (non-hydrogen) atoms. The molecule has 1 aromatic rings. The largest absolute Gasteiger partial charge is 0.477 e. The van der Waals surface area contributed by atoms with Crippen molar-refractivity contribution in [3.63, 3.8) is 0 Å². The van der Waals surface area contributed by atoms with Crippen molar-refractivity contribution in [2.24, 2.45) is 5.41 Å². The Balaban J connectivity index is 3.62. The Kier molecular flexibility index (Phi) is 3.91. The average Bonchev–Trinajstić information content (AvgIpc) is 2.24. The van der Waals surface area contributed by atoms with Crippen LogP contribution in [0, 0.1) is 5.41 Å². The molecule has 0 saturated carbocycles. The van der Waals surface area contributed by atoms with Crippen LogP contribution in [0.1, 0.15) is 26.3 Å². The summed E-state index contributed by atoms with van der Waals surface area (Å²) in [5.41, 5.74) is -0.213. The van der Waals surface area contributed by atoms with E-state index in [2.05, 4.69) is 0 Å². The highest BCUT2D eigenvalue weighted by atomic mass is 16.4. The standard InChI is InChI=1S/C14H16O4/c1-14(2,3)11(9-7-5-4-6-8-9)10(12(15)16)13(17)18/h4-8H,1-3H3,(H,15,16)(H,17,18). The fourth-order valence-electron chi connectivity index (χ4n) is 1.86. The monoisotopic (exact) mass is 248 g/mol. The van der Waals surface area contributed by atoms with E-state index in [1.807, 2.05) is 0 Å². The number of hydrogen-bond acceptors (Lipinski definition) is 2. The lowest BCUT2D eigenvalue weighted by molar-refractivity contribution is -0.140. The first-order valence-corrected chi connectivity index (χ1v) is 5.52. The van der Waals surface area contributed by atoms with Gasteiger partial charge in [0.2, 0.25) is 0 Å². The minimum absolute atomic E-state index is 0.322. The summed E-state index contributed by atoms with van der Waals surface area (Å²) >= 11 is 0. The van der Waals surface area contributed by atoms with Crippen LogP contribution < -0.4 is 0 Å². The average molecular weight is 248 g/mol. The van der Waals surface area contributed by atoms with E-state index in [0.29, 0.717) is 11.1 Å². The molecule has 0 aliphatic heterocycles. The summed E-state index contributed by atoms with van der Waals surface area (Å²) in [6, 6.07) is 8.73. The van der Waals surface area contributed by atoms with E-state index in [4.69, 9.17) is 10.2 Å². The summed E-state index contributed by atoms with van der Waals surface area (Å²) in [5, 5.41) is 18.2. The van der Waals surface area contributed by atoms with Crippen molar-refractivity contribution in [1.29, 1.82) is 0 Å². The minimum Gasteiger partial charge on any atom is -0.477 e. The summed E-state index contributed by atoms with van der Waals surface area (Å²) in [7, 11) is 0. The molecule has 0 bridgehead atoms. The number of allylic oxidation sites excluding steroid dienone is 1. The normalized spacial score (nSPS) is 10.8. The van der Waals surface area contributed by atoms with Crippen LogP contribution in [0.3, 0.4) is 0 Å². The number of carbonyl (C=O) groups is 2. The first-order valence-electron chi connectivity index (χ1n) is 5.52. The van der Waals surface area contributed by atoms with E-state index in [1.54, 1.807) is 51.1 Å². The van der Waals surface area contributed by atoms with Gasteiger partial charge in [-0.2, -0.15) is 0 Å². The van der Waals surface area contributed by atoms with Crippen molar-refractivity contribution in [3.8, 4) is 0 Å². The second-order valence-corrected chi connectivity index (χ2v) is 4.98. The summed E-state index contributed by atoms with van der Waals surface area (Å²) in [6.45, 7) is 5.38. The van der Waals surface area contributed by atoms with E-state index < -0.39 is 22.9 Å². The molecule has 0 aromatic heterocycles. The second kappa shape index (κ2) is 5.04. The number of carboxylic acid groups (broad SMARTS) is 2. The van der Waals surface area contributed by atoms with Crippen LogP contribution in [-0.2, 0) is 9.59 Å². The van der Waals surface area contributed by atoms with E-state index in [0.717, 1.165) is 0 Å². The first-order chi connectivity index (χ1) is 8.25. The maximum absolute atomic E-state index is 11.2. The van der Waals surface area contributed by atoms with Gasteiger partial charge in [-0.3, -0.25) is 0 Å². The first kappa shape index (κ1) is 14.0. The van der Waals surface area contributed by atoms with Crippen LogP contribution in [0.15, 0.2) is 35.9 Å². The van der Waals surface area contributed by atoms with Crippen LogP contribution in [-0.4, -0.2) is 22.2 Å². The van der Waals surface area contributed by atoms with Gasteiger partial charge < -0.3 is 10.2 Å². The molecule has 0 fully saturated rings. The molecular formula is C14H16O4. The van der Waals surface area contributed by atoms with Crippen LogP contribution in [0.5, 0.6) is 0 Å². The lowest BCUT2D eigenvalue weighted by Crippen LogP contribution is -2.20. The molecule has 0 amide bonds. The number of rotatable bonds is 3. The maximum atomic E-state index is 11.2. The molecule has 2 N–H and O–H groups in total. The van der Waals surface area contributed by atoms with Crippen molar-refractivity contribution >= 4 is 17.5 Å². The predicted molar refractivity (Wildman–Crippen MR) is 68.1 cm³/mol. The second-order valence-electron chi connectivity index (χ2n) is 4.98. The summed E-state index contributed by atoms with van der Waals surface area (Å²) in [5.74, 6) is -2.84. The SMILES string of the molecule is CC(C)(C)C(=C(C(=O)O)C(=O)O)c1ccccc1. The number of benzene rings is 1. The van der Waals surface area contributed by atoms with Gasteiger partial charge in [0.15, 0.2) is 0 Å². The quantitative estimate of drug-likeness (QED) is 0.490. The molecule has 0 atom stereocenters. The Bertz CT molecular complexity index is 476. The van der Waals surface area contributed by atoms with Crippen molar-refractivity contribution in [1.82, 2.24) is 0 Å². The minimum atomic E-state index is -1.42. The van der Waals surface area contributed by atoms with Gasteiger partial charge in [0.05, 0.1) is 0 Å². The topological polar surface area (TPSA) is 74.6 Å². The van der Waals surface area contributed by atoms with Gasteiger partial charge in [-0.25, -0.2) is 9.59 Å². The summed E-state index contributed by atoms with van der Waals surface area (Å²) < 4.78 is 0. The van der Waals surface area contributed by atoms with Crippen molar-refractivity contribution < 1.29 is 19.8 Å². The Hall–Kier alpha value is -2.10. The summed E-state index contributed by atoms with van der Waals surface area (Å²) in [4.78, 5) is 22.3. The van der Waals surface area contributed by atoms with Crippen LogP contribution in [0.2, 0.25) is 0 Å². The van der Waals surface area contributed by atoms with Gasteiger partial charge in [0.25, 0.3) is 0 Å². The molecule has 0 spiro atoms. The molecule has 1 aromatic carbocycles. The Morgan fingerprint density at radius 3 is 1.72 bits per heavy atom. The predicted octanol–water partition coefficient (Wildman–Crippen LogP) is 2.66. The fourth-order valence-corrected chi connectivity index (χ4v) is 1.86. The van der Waals surface area contributed by atoms with Crippen LogP contribution in [0.25, 0.3) is 5.57 Å². The van der Waals surface area contributed by atoms with Crippen LogP contribution >= 0.6 is 0 Å². The van der Waals surface area contributed by atoms with Gasteiger partial charge in [0.1, 0.15) is 5.57 Å². The molecule has 0 aliphatic carbocycles. The third kappa shape index (κ3) is 2.97. The van der Waals surface area contributed by atoms with Gasteiger partial charge in [-0.1, -0.05) is 51.1 Å². The zero-order valence-electron chi connectivity index (χ0n) is 10.6. The molecule has 0 saturated heterocycles. The molecule has 0 unspecified atom stereocenters.